The molecule has 1 N–H and O–H groups in total. The van der Waals surface area contributed by atoms with E-state index in [1.165, 1.54) is 18.9 Å². The summed E-state index contributed by atoms with van der Waals surface area (Å²) in [6.45, 7) is 11.2. The molecule has 1 saturated heterocycles. The molecule has 0 aromatic carbocycles. The molecule has 2 atom stereocenters. The number of hydrogen-bond donors (Lipinski definition) is 1. The second kappa shape index (κ2) is 7.02. The molecule has 2 aliphatic rings. The largest absolute Gasteiger partial charge is 0.348 e. The van der Waals surface area contributed by atoms with Crippen LogP contribution in [0, 0.1) is 18.8 Å². The predicted molar refractivity (Wildman–Crippen MR) is 96.2 cm³/mol. The van der Waals surface area contributed by atoms with E-state index < -0.39 is 0 Å². The molecular weight excluding hydrogens is 316 g/mol. The van der Waals surface area contributed by atoms with E-state index >= 15 is 0 Å². The molecule has 1 aromatic heterocycles. The maximum atomic E-state index is 12.5. The minimum atomic E-state index is -0.115. The number of likely N-dealkylation sites (tertiary alicyclic amines) is 1. The van der Waals surface area contributed by atoms with Gasteiger partial charge in [0.2, 0.25) is 5.91 Å². The van der Waals surface area contributed by atoms with Gasteiger partial charge in [0.1, 0.15) is 5.69 Å². The molecule has 1 aliphatic heterocycles. The van der Waals surface area contributed by atoms with Gasteiger partial charge in [-0.3, -0.25) is 14.3 Å². The third-order valence-corrected chi connectivity index (χ3v) is 5.35. The Labute approximate surface area is 149 Å². The van der Waals surface area contributed by atoms with Gasteiger partial charge in [-0.2, -0.15) is 5.10 Å². The Kier molecular flexibility index (Phi) is 4.97. The Morgan fingerprint density at radius 1 is 1.40 bits per heavy atom. The molecule has 2 fully saturated rings. The average Bonchev–Trinajstić information content (AvgIpc) is 3.31. The van der Waals surface area contributed by atoms with Crippen molar-refractivity contribution in [1.29, 1.82) is 0 Å². The van der Waals surface area contributed by atoms with Crippen molar-refractivity contribution in [3.63, 3.8) is 0 Å². The summed E-state index contributed by atoms with van der Waals surface area (Å²) in [5, 5.41) is 7.56. The van der Waals surface area contributed by atoms with E-state index in [9.17, 15) is 9.59 Å². The standard InChI is InChI=1S/C19H28N4O2/c1-5-18(24)22-10-15(11-22)8-12(2)20-19(25)17-9-13(3)23(21-17)14(4)16-6-7-16/h5,9,12,14-16H,1,6-8,10-11H2,2-4H3,(H,20,25). The number of nitrogens with zero attached hydrogens (tertiary/aromatic N) is 3. The summed E-state index contributed by atoms with van der Waals surface area (Å²) in [7, 11) is 0. The number of rotatable bonds is 7. The molecule has 1 aliphatic carbocycles. The Hall–Kier alpha value is -2.11. The van der Waals surface area contributed by atoms with Crippen LogP contribution in [-0.4, -0.2) is 45.6 Å². The molecule has 0 spiro atoms. The summed E-state index contributed by atoms with van der Waals surface area (Å²) < 4.78 is 1.99. The summed E-state index contributed by atoms with van der Waals surface area (Å²) in [5.41, 5.74) is 1.53. The van der Waals surface area contributed by atoms with Gasteiger partial charge >= 0.3 is 0 Å². The van der Waals surface area contributed by atoms with Crippen LogP contribution < -0.4 is 5.32 Å². The summed E-state index contributed by atoms with van der Waals surface area (Å²) in [5.74, 6) is 1.01. The van der Waals surface area contributed by atoms with Crippen LogP contribution in [-0.2, 0) is 4.79 Å². The van der Waals surface area contributed by atoms with Crippen LogP contribution in [0.25, 0.3) is 0 Å². The molecule has 6 heteroatoms. The fraction of sp³-hybridized carbons (Fsp3) is 0.632. The number of nitrogens with one attached hydrogen (secondary N) is 1. The first-order valence-corrected chi connectivity index (χ1v) is 9.17. The van der Waals surface area contributed by atoms with Crippen molar-refractivity contribution in [3.8, 4) is 0 Å². The monoisotopic (exact) mass is 344 g/mol. The van der Waals surface area contributed by atoms with Crippen molar-refractivity contribution in [2.24, 2.45) is 11.8 Å². The van der Waals surface area contributed by atoms with Gasteiger partial charge in [-0.15, -0.1) is 0 Å². The molecule has 136 valence electrons. The van der Waals surface area contributed by atoms with Gasteiger partial charge in [0, 0.05) is 24.8 Å². The first-order chi connectivity index (χ1) is 11.9. The number of aryl methyl sites for hydroxylation is 1. The van der Waals surface area contributed by atoms with Gasteiger partial charge < -0.3 is 10.2 Å². The number of carbonyl (C=O) groups is 2. The Morgan fingerprint density at radius 3 is 2.68 bits per heavy atom. The highest BCUT2D eigenvalue weighted by Crippen LogP contribution is 2.39. The number of aromatic nitrogens is 2. The molecule has 2 heterocycles. The predicted octanol–water partition coefficient (Wildman–Crippen LogP) is 2.32. The highest BCUT2D eigenvalue weighted by Gasteiger charge is 2.32. The minimum absolute atomic E-state index is 0.0151. The summed E-state index contributed by atoms with van der Waals surface area (Å²) >= 11 is 0. The van der Waals surface area contributed by atoms with Gasteiger partial charge in [0.05, 0.1) is 6.04 Å². The Balaban J connectivity index is 1.49. The molecule has 25 heavy (non-hydrogen) atoms. The lowest BCUT2D eigenvalue weighted by Gasteiger charge is -2.39. The number of carbonyl (C=O) groups excluding carboxylic acids is 2. The molecule has 3 rings (SSSR count). The Bertz CT molecular complexity index is 671. The van der Waals surface area contributed by atoms with Crippen LogP contribution >= 0.6 is 0 Å². The van der Waals surface area contributed by atoms with E-state index in [4.69, 9.17) is 0 Å². The zero-order valence-corrected chi connectivity index (χ0v) is 15.4. The van der Waals surface area contributed by atoms with E-state index in [1.807, 2.05) is 24.6 Å². The van der Waals surface area contributed by atoms with E-state index in [2.05, 4.69) is 23.9 Å². The number of hydrogen-bond acceptors (Lipinski definition) is 3. The van der Waals surface area contributed by atoms with Crippen LogP contribution in [0.5, 0.6) is 0 Å². The first-order valence-electron chi connectivity index (χ1n) is 9.17. The highest BCUT2D eigenvalue weighted by molar-refractivity contribution is 5.92. The second-order valence-corrected chi connectivity index (χ2v) is 7.62. The lowest BCUT2D eigenvalue weighted by molar-refractivity contribution is -0.132. The van der Waals surface area contributed by atoms with Gasteiger partial charge in [-0.05, 0) is 64.0 Å². The topological polar surface area (TPSA) is 67.2 Å². The smallest absolute Gasteiger partial charge is 0.271 e. The average molecular weight is 344 g/mol. The molecule has 1 saturated carbocycles. The van der Waals surface area contributed by atoms with Crippen molar-refractivity contribution < 1.29 is 9.59 Å². The number of amides is 2. The molecule has 2 amide bonds. The third kappa shape index (κ3) is 3.94. The van der Waals surface area contributed by atoms with Crippen LogP contribution in [0.1, 0.15) is 55.3 Å². The highest BCUT2D eigenvalue weighted by atomic mass is 16.2. The van der Waals surface area contributed by atoms with E-state index in [0.717, 1.165) is 25.2 Å². The van der Waals surface area contributed by atoms with Gasteiger partial charge in [0.25, 0.3) is 5.91 Å². The summed E-state index contributed by atoms with van der Waals surface area (Å²) in [6.07, 6.45) is 4.73. The zero-order valence-electron chi connectivity index (χ0n) is 15.4. The Morgan fingerprint density at radius 2 is 2.08 bits per heavy atom. The van der Waals surface area contributed by atoms with Crippen molar-refractivity contribution in [3.05, 3.63) is 30.1 Å². The zero-order chi connectivity index (χ0) is 18.1. The van der Waals surface area contributed by atoms with Crippen molar-refractivity contribution in [1.82, 2.24) is 20.0 Å². The van der Waals surface area contributed by atoms with Gasteiger partial charge in [-0.25, -0.2) is 0 Å². The van der Waals surface area contributed by atoms with Crippen LogP contribution in [0.15, 0.2) is 18.7 Å². The first kappa shape index (κ1) is 17.7. The molecule has 1 aromatic rings. The van der Waals surface area contributed by atoms with E-state index in [-0.39, 0.29) is 17.9 Å². The molecule has 2 unspecified atom stereocenters. The van der Waals surface area contributed by atoms with Crippen molar-refractivity contribution >= 4 is 11.8 Å². The van der Waals surface area contributed by atoms with Crippen LogP contribution in [0.3, 0.4) is 0 Å². The summed E-state index contributed by atoms with van der Waals surface area (Å²) in [6, 6.07) is 2.29. The quantitative estimate of drug-likeness (QED) is 0.772. The molecule has 0 radical (unpaired) electrons. The maximum Gasteiger partial charge on any atom is 0.271 e. The maximum absolute atomic E-state index is 12.5. The normalized spacial score (nSPS) is 19.9. The SMILES string of the molecule is C=CC(=O)N1CC(CC(C)NC(=O)c2cc(C)n(C(C)C3CC3)n2)C1. The van der Waals surface area contributed by atoms with E-state index in [1.54, 1.807) is 4.90 Å². The lowest BCUT2D eigenvalue weighted by atomic mass is 9.92. The van der Waals surface area contributed by atoms with Crippen molar-refractivity contribution in [2.45, 2.75) is 52.1 Å². The van der Waals surface area contributed by atoms with Crippen molar-refractivity contribution in [2.75, 3.05) is 13.1 Å². The van der Waals surface area contributed by atoms with E-state index in [0.29, 0.717) is 23.6 Å². The molecule has 6 nitrogen and oxygen atoms in total. The van der Waals surface area contributed by atoms with Crippen LogP contribution in [0.2, 0.25) is 0 Å². The minimum Gasteiger partial charge on any atom is -0.348 e. The van der Waals surface area contributed by atoms with Gasteiger partial charge in [0.15, 0.2) is 0 Å². The molecular formula is C19H28N4O2. The fourth-order valence-electron chi connectivity index (χ4n) is 3.67. The van der Waals surface area contributed by atoms with Gasteiger partial charge in [-0.1, -0.05) is 6.58 Å². The summed E-state index contributed by atoms with van der Waals surface area (Å²) in [4.78, 5) is 25.7. The fourth-order valence-corrected chi connectivity index (χ4v) is 3.67. The lowest BCUT2D eigenvalue weighted by Crippen LogP contribution is -2.51. The third-order valence-electron chi connectivity index (χ3n) is 5.35. The molecule has 0 bridgehead atoms. The van der Waals surface area contributed by atoms with Crippen LogP contribution in [0.4, 0.5) is 0 Å². The second-order valence-electron chi connectivity index (χ2n) is 7.62.